The highest BCUT2D eigenvalue weighted by atomic mass is 16.2. The normalized spacial score (nSPS) is 22.2. The van der Waals surface area contributed by atoms with Crippen LogP contribution in [0.15, 0.2) is 0 Å². The number of nitrogens with one attached hydrogen (secondary N) is 1. The first-order chi connectivity index (χ1) is 9.49. The molecule has 0 aliphatic carbocycles. The molecule has 0 saturated carbocycles. The van der Waals surface area contributed by atoms with Gasteiger partial charge in [-0.15, -0.1) is 0 Å². The fraction of sp³-hybridized carbons (Fsp3) is 0.933. The summed E-state index contributed by atoms with van der Waals surface area (Å²) in [6.07, 6.45) is 2.14. The second-order valence-electron chi connectivity index (χ2n) is 6.03. The van der Waals surface area contributed by atoms with Crippen molar-refractivity contribution in [2.45, 2.75) is 58.7 Å². The van der Waals surface area contributed by atoms with Crippen LogP contribution in [0.3, 0.4) is 0 Å². The van der Waals surface area contributed by atoms with Crippen molar-refractivity contribution in [2.24, 2.45) is 5.73 Å². The lowest BCUT2D eigenvalue weighted by Crippen LogP contribution is -2.56. The van der Waals surface area contributed by atoms with Gasteiger partial charge in [-0.3, -0.25) is 14.6 Å². The Hall–Kier alpha value is -0.650. The zero-order chi connectivity index (χ0) is 15.1. The van der Waals surface area contributed by atoms with E-state index < -0.39 is 0 Å². The van der Waals surface area contributed by atoms with Crippen molar-refractivity contribution >= 4 is 5.91 Å². The molecule has 3 unspecified atom stereocenters. The van der Waals surface area contributed by atoms with Gasteiger partial charge in [-0.1, -0.05) is 13.3 Å². The first-order valence-corrected chi connectivity index (χ1v) is 7.98. The zero-order valence-corrected chi connectivity index (χ0v) is 13.6. The standard InChI is InChI=1S/C15H32N4O/c1-5-6-12(2)17-15(20)14(4)19-9-7-18(8-10-19)13(3)11-16/h12-14H,5-11,16H2,1-4H3,(H,17,20). The molecule has 1 fully saturated rings. The van der Waals surface area contributed by atoms with E-state index in [-0.39, 0.29) is 18.0 Å². The summed E-state index contributed by atoms with van der Waals surface area (Å²) in [7, 11) is 0. The van der Waals surface area contributed by atoms with Crippen LogP contribution < -0.4 is 11.1 Å². The van der Waals surface area contributed by atoms with Crippen LogP contribution in [0, 0.1) is 0 Å². The van der Waals surface area contributed by atoms with Crippen LogP contribution in [0.5, 0.6) is 0 Å². The number of nitrogens with zero attached hydrogens (tertiary/aromatic N) is 2. The van der Waals surface area contributed by atoms with Gasteiger partial charge >= 0.3 is 0 Å². The lowest BCUT2D eigenvalue weighted by molar-refractivity contribution is -0.127. The highest BCUT2D eigenvalue weighted by Crippen LogP contribution is 2.09. The van der Waals surface area contributed by atoms with Crippen molar-refractivity contribution in [1.82, 2.24) is 15.1 Å². The molecule has 0 aromatic carbocycles. The second kappa shape index (κ2) is 8.60. The summed E-state index contributed by atoms with van der Waals surface area (Å²) in [5.74, 6) is 0.159. The van der Waals surface area contributed by atoms with E-state index in [4.69, 9.17) is 5.73 Å². The molecule has 3 N–H and O–H groups in total. The van der Waals surface area contributed by atoms with Gasteiger partial charge in [-0.2, -0.15) is 0 Å². The minimum Gasteiger partial charge on any atom is -0.352 e. The number of nitrogens with two attached hydrogens (primary N) is 1. The highest BCUT2D eigenvalue weighted by Gasteiger charge is 2.27. The Bertz CT molecular complexity index is 290. The molecule has 1 heterocycles. The van der Waals surface area contributed by atoms with Gasteiger partial charge in [-0.25, -0.2) is 0 Å². The predicted molar refractivity (Wildman–Crippen MR) is 83.6 cm³/mol. The van der Waals surface area contributed by atoms with Gasteiger partial charge < -0.3 is 11.1 Å². The number of piperazine rings is 1. The third-order valence-corrected chi connectivity index (χ3v) is 4.35. The molecule has 1 saturated heterocycles. The minimum absolute atomic E-state index is 0.0374. The van der Waals surface area contributed by atoms with Gasteiger partial charge in [0.1, 0.15) is 0 Å². The zero-order valence-electron chi connectivity index (χ0n) is 13.6. The van der Waals surface area contributed by atoms with Crippen LogP contribution in [0.4, 0.5) is 0 Å². The van der Waals surface area contributed by atoms with Gasteiger partial charge in [0.05, 0.1) is 6.04 Å². The summed E-state index contributed by atoms with van der Waals surface area (Å²) < 4.78 is 0. The number of rotatable bonds is 7. The first kappa shape index (κ1) is 17.4. The van der Waals surface area contributed by atoms with Crippen molar-refractivity contribution in [2.75, 3.05) is 32.7 Å². The molecule has 5 nitrogen and oxygen atoms in total. The smallest absolute Gasteiger partial charge is 0.237 e. The lowest BCUT2D eigenvalue weighted by Gasteiger charge is -2.40. The minimum atomic E-state index is -0.0374. The van der Waals surface area contributed by atoms with Crippen LogP contribution >= 0.6 is 0 Å². The topological polar surface area (TPSA) is 61.6 Å². The summed E-state index contributed by atoms with van der Waals surface area (Å²) in [5.41, 5.74) is 5.71. The molecule has 0 radical (unpaired) electrons. The average molecular weight is 284 g/mol. The Morgan fingerprint density at radius 2 is 1.70 bits per heavy atom. The quantitative estimate of drug-likeness (QED) is 0.720. The van der Waals surface area contributed by atoms with E-state index in [1.165, 1.54) is 0 Å². The fourth-order valence-corrected chi connectivity index (χ4v) is 2.75. The van der Waals surface area contributed by atoms with Crippen molar-refractivity contribution in [3.05, 3.63) is 0 Å². The van der Waals surface area contributed by atoms with E-state index >= 15 is 0 Å². The second-order valence-corrected chi connectivity index (χ2v) is 6.03. The van der Waals surface area contributed by atoms with Crippen molar-refractivity contribution in [3.63, 3.8) is 0 Å². The van der Waals surface area contributed by atoms with Gasteiger partial charge in [-0.05, 0) is 27.2 Å². The van der Waals surface area contributed by atoms with Crippen LogP contribution in [-0.4, -0.2) is 66.6 Å². The average Bonchev–Trinajstić information content (AvgIpc) is 2.46. The molecule has 0 bridgehead atoms. The molecule has 1 aliphatic rings. The van der Waals surface area contributed by atoms with Crippen LogP contribution in [-0.2, 0) is 4.79 Å². The molecule has 1 amide bonds. The summed E-state index contributed by atoms with van der Waals surface area (Å²) in [4.78, 5) is 16.9. The van der Waals surface area contributed by atoms with Crippen LogP contribution in [0.1, 0.15) is 40.5 Å². The number of carbonyl (C=O) groups is 1. The van der Waals surface area contributed by atoms with Crippen LogP contribution in [0.2, 0.25) is 0 Å². The van der Waals surface area contributed by atoms with E-state index in [1.54, 1.807) is 0 Å². The summed E-state index contributed by atoms with van der Waals surface area (Å²) in [5, 5.41) is 3.11. The largest absolute Gasteiger partial charge is 0.352 e. The Morgan fingerprint density at radius 3 is 2.20 bits per heavy atom. The van der Waals surface area contributed by atoms with Crippen molar-refractivity contribution < 1.29 is 4.79 Å². The number of hydrogen-bond donors (Lipinski definition) is 2. The van der Waals surface area contributed by atoms with E-state index in [9.17, 15) is 4.79 Å². The molecule has 0 spiro atoms. The molecule has 1 aliphatic heterocycles. The number of carbonyl (C=O) groups excluding carboxylic acids is 1. The third-order valence-electron chi connectivity index (χ3n) is 4.35. The summed E-state index contributed by atoms with van der Waals surface area (Å²) in [6.45, 7) is 13.0. The molecular formula is C15H32N4O. The number of hydrogen-bond acceptors (Lipinski definition) is 4. The monoisotopic (exact) mass is 284 g/mol. The van der Waals surface area contributed by atoms with E-state index in [0.29, 0.717) is 12.6 Å². The Balaban J connectivity index is 2.38. The maximum absolute atomic E-state index is 12.2. The van der Waals surface area contributed by atoms with Gasteiger partial charge in [0, 0.05) is 44.8 Å². The third kappa shape index (κ3) is 5.04. The van der Waals surface area contributed by atoms with Gasteiger partial charge in [0.25, 0.3) is 0 Å². The molecule has 0 aromatic heterocycles. The fourth-order valence-electron chi connectivity index (χ4n) is 2.75. The number of amides is 1. The van der Waals surface area contributed by atoms with E-state index in [0.717, 1.165) is 39.0 Å². The maximum Gasteiger partial charge on any atom is 0.237 e. The maximum atomic E-state index is 12.2. The Labute approximate surface area is 123 Å². The Morgan fingerprint density at radius 1 is 1.15 bits per heavy atom. The van der Waals surface area contributed by atoms with E-state index in [1.807, 2.05) is 6.92 Å². The predicted octanol–water partition coefficient (Wildman–Crippen LogP) is 0.645. The van der Waals surface area contributed by atoms with E-state index in [2.05, 4.69) is 35.9 Å². The summed E-state index contributed by atoms with van der Waals surface area (Å²) >= 11 is 0. The molecule has 1 rings (SSSR count). The SMILES string of the molecule is CCCC(C)NC(=O)C(C)N1CCN(C(C)CN)CC1. The first-order valence-electron chi connectivity index (χ1n) is 7.98. The van der Waals surface area contributed by atoms with Crippen molar-refractivity contribution in [1.29, 1.82) is 0 Å². The molecule has 20 heavy (non-hydrogen) atoms. The molecule has 3 atom stereocenters. The summed E-state index contributed by atoms with van der Waals surface area (Å²) in [6, 6.07) is 0.670. The molecule has 0 aromatic rings. The lowest BCUT2D eigenvalue weighted by atomic mass is 10.1. The van der Waals surface area contributed by atoms with Crippen molar-refractivity contribution in [3.8, 4) is 0 Å². The van der Waals surface area contributed by atoms with Crippen LogP contribution in [0.25, 0.3) is 0 Å². The van der Waals surface area contributed by atoms with Gasteiger partial charge in [0.15, 0.2) is 0 Å². The molecular weight excluding hydrogens is 252 g/mol. The highest BCUT2D eigenvalue weighted by molar-refractivity contribution is 5.81. The Kier molecular flexibility index (Phi) is 7.48. The van der Waals surface area contributed by atoms with Gasteiger partial charge in [0.2, 0.25) is 5.91 Å². The molecule has 118 valence electrons. The molecule has 5 heteroatoms.